The number of esters is 1. The van der Waals surface area contributed by atoms with E-state index in [-0.39, 0.29) is 0 Å². The fourth-order valence-electron chi connectivity index (χ4n) is 4.13. The molecule has 9 nitrogen and oxygen atoms in total. The summed E-state index contributed by atoms with van der Waals surface area (Å²) in [6, 6.07) is 20.2. The molecular formula is C28H27N7O2. The largest absolute Gasteiger partial charge is 0.465 e. The van der Waals surface area contributed by atoms with Crippen LogP contribution >= 0.6 is 0 Å². The first-order valence-corrected chi connectivity index (χ1v) is 12.2. The standard InChI is InChI=1S/C28H27N7O2/c1-3-4-5-26-30-25(24-15-14-23(16-29-24)28(36)37-2)18-35(26)17-19-6-8-20(9-7-19)21-10-12-22(13-11-21)27-31-33-34-32-27/h6-16,18H,3-5,17H2,1-2H3,(H,31,32,33,34). The van der Waals surface area contributed by atoms with Crippen molar-refractivity contribution in [2.75, 3.05) is 7.11 Å². The molecule has 3 heterocycles. The van der Waals surface area contributed by atoms with Crippen LogP contribution in [0, 0.1) is 0 Å². The van der Waals surface area contributed by atoms with E-state index in [0.717, 1.165) is 53.2 Å². The second-order valence-electron chi connectivity index (χ2n) is 8.71. The van der Waals surface area contributed by atoms with Crippen molar-refractivity contribution in [2.45, 2.75) is 32.7 Å². The summed E-state index contributed by atoms with van der Waals surface area (Å²) in [6.07, 6.45) is 6.61. The summed E-state index contributed by atoms with van der Waals surface area (Å²) in [6.45, 7) is 2.89. The van der Waals surface area contributed by atoms with Gasteiger partial charge < -0.3 is 9.30 Å². The van der Waals surface area contributed by atoms with Crippen LogP contribution in [0.5, 0.6) is 0 Å². The molecule has 0 spiro atoms. The molecule has 0 bridgehead atoms. The number of aromatic amines is 1. The lowest BCUT2D eigenvalue weighted by Crippen LogP contribution is -2.04. The predicted octanol–water partition coefficient (Wildman–Crippen LogP) is 4.97. The van der Waals surface area contributed by atoms with Gasteiger partial charge in [0.2, 0.25) is 5.82 Å². The van der Waals surface area contributed by atoms with Gasteiger partial charge in [0.15, 0.2) is 0 Å². The van der Waals surface area contributed by atoms with Crippen molar-refractivity contribution in [2.24, 2.45) is 0 Å². The van der Waals surface area contributed by atoms with E-state index in [1.807, 2.05) is 18.3 Å². The Kier molecular flexibility index (Phi) is 7.12. The minimum Gasteiger partial charge on any atom is -0.465 e. The van der Waals surface area contributed by atoms with Crippen LogP contribution in [-0.2, 0) is 17.7 Å². The molecule has 9 heteroatoms. The minimum atomic E-state index is -0.403. The van der Waals surface area contributed by atoms with Crippen LogP contribution in [0.4, 0.5) is 0 Å². The lowest BCUT2D eigenvalue weighted by molar-refractivity contribution is 0.0600. The summed E-state index contributed by atoms with van der Waals surface area (Å²) in [5, 5.41) is 14.1. The molecule has 0 fully saturated rings. The first-order valence-electron chi connectivity index (χ1n) is 12.2. The van der Waals surface area contributed by atoms with Gasteiger partial charge in [-0.05, 0) is 40.5 Å². The van der Waals surface area contributed by atoms with Gasteiger partial charge in [-0.15, -0.1) is 10.2 Å². The van der Waals surface area contributed by atoms with E-state index in [4.69, 9.17) is 9.72 Å². The number of nitrogens with one attached hydrogen (secondary N) is 1. The van der Waals surface area contributed by atoms with E-state index in [2.05, 4.69) is 73.5 Å². The fourth-order valence-corrected chi connectivity index (χ4v) is 4.13. The van der Waals surface area contributed by atoms with E-state index in [1.54, 1.807) is 12.1 Å². The number of rotatable bonds is 9. The third kappa shape index (κ3) is 5.45. The number of tetrazole rings is 1. The number of hydrogen-bond donors (Lipinski definition) is 1. The highest BCUT2D eigenvalue weighted by Crippen LogP contribution is 2.24. The van der Waals surface area contributed by atoms with Crippen molar-refractivity contribution >= 4 is 5.97 Å². The maximum atomic E-state index is 11.7. The molecule has 37 heavy (non-hydrogen) atoms. The number of imidazole rings is 1. The molecule has 0 atom stereocenters. The zero-order chi connectivity index (χ0) is 25.6. The van der Waals surface area contributed by atoms with E-state index >= 15 is 0 Å². The molecular weight excluding hydrogens is 466 g/mol. The molecule has 0 radical (unpaired) electrons. The Balaban J connectivity index is 1.34. The van der Waals surface area contributed by atoms with Gasteiger partial charge in [0.25, 0.3) is 0 Å². The molecule has 0 aliphatic heterocycles. The van der Waals surface area contributed by atoms with Crippen molar-refractivity contribution in [3.05, 3.63) is 90.0 Å². The SMILES string of the molecule is CCCCc1nc(-c2ccc(C(=O)OC)cn2)cn1Cc1ccc(-c2ccc(-c3nn[nH]n3)cc2)cc1. The summed E-state index contributed by atoms with van der Waals surface area (Å²) in [7, 11) is 1.36. The Morgan fingerprint density at radius 3 is 2.30 bits per heavy atom. The van der Waals surface area contributed by atoms with Crippen LogP contribution in [0.25, 0.3) is 33.9 Å². The van der Waals surface area contributed by atoms with Crippen LogP contribution in [0.2, 0.25) is 0 Å². The molecule has 1 N–H and O–H groups in total. The van der Waals surface area contributed by atoms with Gasteiger partial charge in [0.1, 0.15) is 11.5 Å². The van der Waals surface area contributed by atoms with Gasteiger partial charge in [-0.3, -0.25) is 4.98 Å². The highest BCUT2D eigenvalue weighted by atomic mass is 16.5. The number of carbonyl (C=O) groups excluding carboxylic acids is 1. The van der Waals surface area contributed by atoms with E-state index < -0.39 is 5.97 Å². The lowest BCUT2D eigenvalue weighted by atomic mass is 10.0. The summed E-state index contributed by atoms with van der Waals surface area (Å²) >= 11 is 0. The minimum absolute atomic E-state index is 0.403. The monoisotopic (exact) mass is 493 g/mol. The number of nitrogens with zero attached hydrogens (tertiary/aromatic N) is 6. The molecule has 0 saturated heterocycles. The topological polar surface area (TPSA) is 111 Å². The van der Waals surface area contributed by atoms with Crippen molar-refractivity contribution < 1.29 is 9.53 Å². The molecule has 0 amide bonds. The van der Waals surface area contributed by atoms with Crippen molar-refractivity contribution in [3.63, 3.8) is 0 Å². The van der Waals surface area contributed by atoms with E-state index in [1.165, 1.54) is 18.9 Å². The first kappa shape index (κ1) is 24.1. The highest BCUT2D eigenvalue weighted by Gasteiger charge is 2.13. The Labute approximate surface area is 214 Å². The van der Waals surface area contributed by atoms with Crippen LogP contribution in [0.1, 0.15) is 41.5 Å². The van der Waals surface area contributed by atoms with Crippen molar-refractivity contribution in [3.8, 4) is 33.9 Å². The summed E-state index contributed by atoms with van der Waals surface area (Å²) in [4.78, 5) is 21.0. The summed E-state index contributed by atoms with van der Waals surface area (Å²) < 4.78 is 6.96. The second kappa shape index (κ2) is 10.9. The maximum Gasteiger partial charge on any atom is 0.339 e. The first-order chi connectivity index (χ1) is 18.1. The number of benzene rings is 2. The van der Waals surface area contributed by atoms with Gasteiger partial charge in [-0.1, -0.05) is 61.9 Å². The maximum absolute atomic E-state index is 11.7. The predicted molar refractivity (Wildman–Crippen MR) is 140 cm³/mol. The Morgan fingerprint density at radius 1 is 0.946 bits per heavy atom. The molecule has 0 aliphatic carbocycles. The zero-order valence-corrected chi connectivity index (χ0v) is 20.8. The highest BCUT2D eigenvalue weighted by molar-refractivity contribution is 5.89. The van der Waals surface area contributed by atoms with Crippen LogP contribution in [0.3, 0.4) is 0 Å². The molecule has 186 valence electrons. The molecule has 0 aliphatic rings. The van der Waals surface area contributed by atoms with Crippen LogP contribution < -0.4 is 0 Å². The number of carbonyl (C=O) groups is 1. The lowest BCUT2D eigenvalue weighted by Gasteiger charge is -2.09. The smallest absolute Gasteiger partial charge is 0.339 e. The number of hydrogen-bond acceptors (Lipinski definition) is 7. The van der Waals surface area contributed by atoms with Crippen LogP contribution in [0.15, 0.2) is 73.1 Å². The summed E-state index contributed by atoms with van der Waals surface area (Å²) in [5.41, 5.74) is 6.29. The van der Waals surface area contributed by atoms with Gasteiger partial charge in [0.05, 0.1) is 18.4 Å². The number of methoxy groups -OCH3 is 1. The average Bonchev–Trinajstić information content (AvgIpc) is 3.63. The Hall–Kier alpha value is -4.66. The summed E-state index contributed by atoms with van der Waals surface area (Å²) in [5.74, 6) is 1.20. The van der Waals surface area contributed by atoms with Gasteiger partial charge >= 0.3 is 5.97 Å². The quantitative estimate of drug-likeness (QED) is 0.289. The molecule has 5 aromatic rings. The van der Waals surface area contributed by atoms with Gasteiger partial charge in [-0.2, -0.15) is 5.21 Å². The van der Waals surface area contributed by atoms with Gasteiger partial charge in [0, 0.05) is 30.9 Å². The molecule has 5 rings (SSSR count). The molecule has 3 aromatic heterocycles. The van der Waals surface area contributed by atoms with E-state index in [0.29, 0.717) is 17.9 Å². The molecule has 0 saturated carbocycles. The van der Waals surface area contributed by atoms with Crippen molar-refractivity contribution in [1.82, 2.24) is 35.2 Å². The second-order valence-corrected chi connectivity index (χ2v) is 8.71. The van der Waals surface area contributed by atoms with Crippen molar-refractivity contribution in [1.29, 1.82) is 0 Å². The number of aryl methyl sites for hydroxylation is 1. The molecule has 2 aromatic carbocycles. The third-order valence-corrected chi connectivity index (χ3v) is 6.19. The van der Waals surface area contributed by atoms with E-state index in [9.17, 15) is 4.79 Å². The van der Waals surface area contributed by atoms with Crippen LogP contribution in [-0.4, -0.2) is 48.2 Å². The number of unbranched alkanes of at least 4 members (excludes halogenated alkanes) is 1. The van der Waals surface area contributed by atoms with Gasteiger partial charge in [-0.25, -0.2) is 9.78 Å². The Bertz CT molecular complexity index is 1460. The average molecular weight is 494 g/mol. The number of pyridine rings is 1. The number of aromatic nitrogens is 7. The Morgan fingerprint density at radius 2 is 1.68 bits per heavy atom. The fraction of sp³-hybridized carbons (Fsp3) is 0.214. The zero-order valence-electron chi connectivity index (χ0n) is 20.8. The normalized spacial score (nSPS) is 11.0. The number of H-pyrrole nitrogens is 1. The molecule has 0 unspecified atom stereocenters. The number of ether oxygens (including phenoxy) is 1. The third-order valence-electron chi connectivity index (χ3n) is 6.19.